The van der Waals surface area contributed by atoms with Crippen LogP contribution in [0, 0.1) is 6.92 Å². The number of fused-ring (bicyclic) bond motifs is 1. The highest BCUT2D eigenvalue weighted by Crippen LogP contribution is 2.37. The van der Waals surface area contributed by atoms with Crippen molar-refractivity contribution in [2.45, 2.75) is 33.2 Å². The number of rotatable bonds is 5. The molecule has 0 spiro atoms. The fourth-order valence-corrected chi connectivity index (χ4v) is 3.82. The van der Waals surface area contributed by atoms with Crippen LogP contribution < -0.4 is 10.6 Å². The van der Waals surface area contributed by atoms with Crippen LogP contribution in [0.3, 0.4) is 0 Å². The Kier molecular flexibility index (Phi) is 5.89. The predicted molar refractivity (Wildman–Crippen MR) is 111 cm³/mol. The second-order valence-electron chi connectivity index (χ2n) is 6.38. The molecule has 2 N–H and O–H groups in total. The standard InChI is InChI=1S/C20H22N4O3S/c1-5-11(2)21-20(26)23-15-14-12(3)22-17(13-9-7-6-8-10-13)24-18(14)28-16(15)19(25)27-4/h6-11H,5H2,1-4H3,(H2,21,23,26). The average Bonchev–Trinajstić information content (AvgIpc) is 3.06. The van der Waals surface area contributed by atoms with Gasteiger partial charge in [-0.2, -0.15) is 0 Å². The molecule has 28 heavy (non-hydrogen) atoms. The molecule has 3 aromatic rings. The number of esters is 1. The number of nitrogens with zero attached hydrogens (tertiary/aromatic N) is 2. The maximum Gasteiger partial charge on any atom is 0.350 e. The van der Waals surface area contributed by atoms with Gasteiger partial charge in [-0.1, -0.05) is 37.3 Å². The SMILES string of the molecule is CCC(C)NC(=O)Nc1c(C(=O)OC)sc2nc(-c3ccccc3)nc(C)c12. The van der Waals surface area contributed by atoms with Crippen molar-refractivity contribution in [3.8, 4) is 11.4 Å². The molecule has 0 bridgehead atoms. The third kappa shape index (κ3) is 3.96. The number of benzene rings is 1. The van der Waals surface area contributed by atoms with Gasteiger partial charge in [0, 0.05) is 11.6 Å². The monoisotopic (exact) mass is 398 g/mol. The highest BCUT2D eigenvalue weighted by Gasteiger charge is 2.24. The van der Waals surface area contributed by atoms with Crippen molar-refractivity contribution in [1.82, 2.24) is 15.3 Å². The van der Waals surface area contributed by atoms with Crippen LogP contribution in [0.2, 0.25) is 0 Å². The lowest BCUT2D eigenvalue weighted by molar-refractivity contribution is 0.0607. The molecule has 0 saturated heterocycles. The van der Waals surface area contributed by atoms with Crippen LogP contribution in [-0.4, -0.2) is 35.1 Å². The van der Waals surface area contributed by atoms with Crippen LogP contribution in [0.15, 0.2) is 30.3 Å². The van der Waals surface area contributed by atoms with Crippen molar-refractivity contribution >= 4 is 39.2 Å². The number of thiophene rings is 1. The fourth-order valence-electron chi connectivity index (χ4n) is 2.72. The van der Waals surface area contributed by atoms with Gasteiger partial charge >= 0.3 is 12.0 Å². The van der Waals surface area contributed by atoms with Gasteiger partial charge in [0.2, 0.25) is 0 Å². The summed E-state index contributed by atoms with van der Waals surface area (Å²) in [5.41, 5.74) is 1.93. The van der Waals surface area contributed by atoms with E-state index in [2.05, 4.69) is 20.6 Å². The maximum atomic E-state index is 12.4. The van der Waals surface area contributed by atoms with Crippen molar-refractivity contribution in [2.24, 2.45) is 0 Å². The van der Waals surface area contributed by atoms with E-state index in [0.717, 1.165) is 12.0 Å². The largest absolute Gasteiger partial charge is 0.465 e. The second-order valence-corrected chi connectivity index (χ2v) is 7.38. The van der Waals surface area contributed by atoms with Crippen molar-refractivity contribution in [3.63, 3.8) is 0 Å². The number of hydrogen-bond donors (Lipinski definition) is 2. The zero-order valence-electron chi connectivity index (χ0n) is 16.2. The summed E-state index contributed by atoms with van der Waals surface area (Å²) < 4.78 is 4.90. The Balaban J connectivity index is 2.10. The molecule has 0 aliphatic carbocycles. The first-order valence-corrected chi connectivity index (χ1v) is 9.78. The number of ether oxygens (including phenoxy) is 1. The van der Waals surface area contributed by atoms with Crippen molar-refractivity contribution in [3.05, 3.63) is 40.9 Å². The summed E-state index contributed by atoms with van der Waals surface area (Å²) in [6.45, 7) is 5.73. The first kappa shape index (κ1) is 19.8. The summed E-state index contributed by atoms with van der Waals surface area (Å²) in [5, 5.41) is 6.27. The molecule has 7 nitrogen and oxygen atoms in total. The lowest BCUT2D eigenvalue weighted by atomic mass is 10.2. The van der Waals surface area contributed by atoms with E-state index in [1.807, 2.05) is 51.1 Å². The van der Waals surface area contributed by atoms with Crippen LogP contribution in [0.25, 0.3) is 21.6 Å². The molecule has 146 valence electrons. The lowest BCUT2D eigenvalue weighted by Gasteiger charge is -2.13. The minimum Gasteiger partial charge on any atom is -0.465 e. The summed E-state index contributed by atoms with van der Waals surface area (Å²) in [7, 11) is 1.31. The molecule has 0 radical (unpaired) electrons. The Labute approximate surface area is 167 Å². The van der Waals surface area contributed by atoms with Crippen molar-refractivity contribution < 1.29 is 14.3 Å². The van der Waals surface area contributed by atoms with E-state index in [0.29, 0.717) is 32.3 Å². The molecule has 1 unspecified atom stereocenters. The summed E-state index contributed by atoms with van der Waals surface area (Å²) in [6, 6.07) is 9.23. The van der Waals surface area contributed by atoms with Crippen LogP contribution in [0.5, 0.6) is 0 Å². The zero-order valence-corrected chi connectivity index (χ0v) is 17.0. The Morgan fingerprint density at radius 3 is 2.57 bits per heavy atom. The summed E-state index contributed by atoms with van der Waals surface area (Å²) in [5.74, 6) is 0.0429. The quantitative estimate of drug-likeness (QED) is 0.623. The van der Waals surface area contributed by atoms with Gasteiger partial charge in [0.25, 0.3) is 0 Å². The first-order chi connectivity index (χ1) is 13.4. The van der Waals surface area contributed by atoms with Gasteiger partial charge in [0.1, 0.15) is 9.71 Å². The molecule has 0 aliphatic rings. The number of carbonyl (C=O) groups is 2. The van der Waals surface area contributed by atoms with E-state index >= 15 is 0 Å². The number of methoxy groups -OCH3 is 1. The molecule has 0 aliphatic heterocycles. The van der Waals surface area contributed by atoms with E-state index in [4.69, 9.17) is 4.74 Å². The van der Waals surface area contributed by atoms with Gasteiger partial charge in [-0.25, -0.2) is 19.6 Å². The number of amides is 2. The normalized spacial score (nSPS) is 11.9. The van der Waals surface area contributed by atoms with E-state index in [9.17, 15) is 9.59 Å². The third-order valence-corrected chi connectivity index (χ3v) is 5.43. The fraction of sp³-hybridized carbons (Fsp3) is 0.300. The maximum absolute atomic E-state index is 12.4. The second kappa shape index (κ2) is 8.35. The van der Waals surface area contributed by atoms with Gasteiger partial charge < -0.3 is 15.4 Å². The molecule has 3 rings (SSSR count). The number of urea groups is 1. The van der Waals surface area contributed by atoms with Crippen LogP contribution in [-0.2, 0) is 4.74 Å². The molecule has 8 heteroatoms. The Morgan fingerprint density at radius 1 is 1.21 bits per heavy atom. The van der Waals surface area contributed by atoms with Crippen molar-refractivity contribution in [1.29, 1.82) is 0 Å². The van der Waals surface area contributed by atoms with Gasteiger partial charge in [0.05, 0.1) is 23.9 Å². The molecule has 2 amide bonds. The molecule has 0 saturated carbocycles. The van der Waals surface area contributed by atoms with Gasteiger partial charge in [-0.3, -0.25) is 0 Å². The molecule has 1 atom stereocenters. The highest BCUT2D eigenvalue weighted by atomic mass is 32.1. The average molecular weight is 398 g/mol. The number of hydrogen-bond acceptors (Lipinski definition) is 6. The highest BCUT2D eigenvalue weighted by molar-refractivity contribution is 7.21. The Bertz CT molecular complexity index is 1020. The third-order valence-electron chi connectivity index (χ3n) is 4.36. The zero-order chi connectivity index (χ0) is 20.3. The molecule has 2 aromatic heterocycles. The van der Waals surface area contributed by atoms with E-state index in [1.165, 1.54) is 18.4 Å². The predicted octanol–water partition coefficient (Wildman–Crippen LogP) is 4.37. The van der Waals surface area contributed by atoms with Crippen LogP contribution >= 0.6 is 11.3 Å². The lowest BCUT2D eigenvalue weighted by Crippen LogP contribution is -2.35. The number of anilines is 1. The van der Waals surface area contributed by atoms with Crippen LogP contribution in [0.1, 0.15) is 35.6 Å². The topological polar surface area (TPSA) is 93.2 Å². The van der Waals surface area contributed by atoms with Gasteiger partial charge in [0.15, 0.2) is 5.82 Å². The Morgan fingerprint density at radius 2 is 1.93 bits per heavy atom. The number of aromatic nitrogens is 2. The van der Waals surface area contributed by atoms with Crippen LogP contribution in [0.4, 0.5) is 10.5 Å². The number of carbonyl (C=O) groups excluding carboxylic acids is 2. The minimum absolute atomic E-state index is 0.00788. The van der Waals surface area contributed by atoms with E-state index in [1.54, 1.807) is 0 Å². The molecule has 2 heterocycles. The van der Waals surface area contributed by atoms with Crippen molar-refractivity contribution in [2.75, 3.05) is 12.4 Å². The number of nitrogens with one attached hydrogen (secondary N) is 2. The first-order valence-electron chi connectivity index (χ1n) is 8.97. The smallest absolute Gasteiger partial charge is 0.350 e. The molecule has 1 aromatic carbocycles. The molecule has 0 fully saturated rings. The van der Waals surface area contributed by atoms with Gasteiger partial charge in [-0.05, 0) is 20.3 Å². The number of aryl methyl sites for hydroxylation is 1. The van der Waals surface area contributed by atoms with E-state index in [-0.39, 0.29) is 12.1 Å². The summed E-state index contributed by atoms with van der Waals surface area (Å²) >= 11 is 1.18. The summed E-state index contributed by atoms with van der Waals surface area (Å²) in [4.78, 5) is 34.8. The van der Waals surface area contributed by atoms with Gasteiger partial charge in [-0.15, -0.1) is 11.3 Å². The summed E-state index contributed by atoms with van der Waals surface area (Å²) in [6.07, 6.45) is 0.796. The minimum atomic E-state index is -0.525. The molecular formula is C20H22N4O3S. The molecular weight excluding hydrogens is 376 g/mol. The van der Waals surface area contributed by atoms with E-state index < -0.39 is 5.97 Å². The Hall–Kier alpha value is -3.00.